The number of benzene rings is 5. The number of hydrogen-bond donors (Lipinski definition) is 13. The van der Waals surface area contributed by atoms with E-state index in [2.05, 4.69) is 0 Å². The number of aliphatic hydroxyl groups excluding tert-OH is 1. The van der Waals surface area contributed by atoms with Gasteiger partial charge in [0, 0.05) is 43.6 Å². The van der Waals surface area contributed by atoms with Gasteiger partial charge in [-0.15, -0.1) is 11.8 Å². The summed E-state index contributed by atoms with van der Waals surface area (Å²) in [5, 5.41) is 140. The molecule has 0 radical (unpaired) electrons. The Balaban J connectivity index is 1.17. The zero-order valence-electron chi connectivity index (χ0n) is 38.3. The van der Waals surface area contributed by atoms with Gasteiger partial charge in [0.05, 0.1) is 40.3 Å². The minimum Gasteiger partial charge on any atom is -0.507 e. The Morgan fingerprint density at radius 3 is 1.88 bits per heavy atom. The Bertz CT molecular complexity index is 3820. The zero-order chi connectivity index (χ0) is 54.8. The number of fused-ring (bicyclic) bond motifs is 9. The zero-order valence-corrected chi connectivity index (χ0v) is 39.1. The van der Waals surface area contributed by atoms with Gasteiger partial charge >= 0.3 is 35.5 Å². The summed E-state index contributed by atoms with van der Waals surface area (Å²) in [5.41, 5.74) is -7.43. The molecule has 0 spiro atoms. The van der Waals surface area contributed by atoms with Crippen LogP contribution < -0.4 is 5.63 Å². The molecule has 13 N–H and O–H groups in total. The monoisotopic (exact) mass is 1070 g/mol. The third-order valence-electron chi connectivity index (χ3n) is 12.9. The average molecular weight is 1070 g/mol. The Morgan fingerprint density at radius 1 is 0.671 bits per heavy atom. The fourth-order valence-electron chi connectivity index (χ4n) is 9.37. The first kappa shape index (κ1) is 49.9. The van der Waals surface area contributed by atoms with Crippen molar-refractivity contribution >= 4 is 74.3 Å². The van der Waals surface area contributed by atoms with Crippen LogP contribution in [0.15, 0.2) is 50.5 Å². The molecule has 5 aromatic carbocycles. The second kappa shape index (κ2) is 17.8. The largest absolute Gasteiger partial charge is 0.507 e. The van der Waals surface area contributed by atoms with E-state index in [1.807, 2.05) is 0 Å². The van der Waals surface area contributed by atoms with Crippen molar-refractivity contribution in [3.8, 4) is 80.1 Å². The topological polar surface area (TPSA) is 439 Å². The summed E-state index contributed by atoms with van der Waals surface area (Å²) >= 11 is 0.959. The fourth-order valence-corrected chi connectivity index (χ4v) is 10.7. The first-order valence-electron chi connectivity index (χ1n) is 21.8. The number of aromatic nitrogens is 1. The van der Waals surface area contributed by atoms with Gasteiger partial charge in [-0.1, -0.05) is 0 Å². The standard InChI is InChI=1S/C48H35NO26S/c1-11-3-16-29-41(76-10-17(49(11)29)46(67)69-2)28-27(30(16)55)26-15(8-22(54)34(59)38(26)72-47(28)68)45(66)74-40-39-35(60)23(71-48(40)75-42(63)12-4-18(50)31(56)19(51)5-12)9-70-43(64)13-6-20(52)32(57)36(61)24(13)25-14(44(65)73-39)7-21(53)33(58)37(25)62/h3-8,17,23,35,39-40,48,50-62H,9-10H2,1-2H3/t17-,23+,35+,39-,40+,48-/m0/s1. The van der Waals surface area contributed by atoms with E-state index in [0.717, 1.165) is 18.9 Å². The number of nitrogens with zero attached hydrogens (tertiary/aromatic N) is 1. The molecule has 0 amide bonds. The van der Waals surface area contributed by atoms with Crippen molar-refractivity contribution in [2.45, 2.75) is 48.6 Å². The number of aliphatic hydroxyl groups is 1. The van der Waals surface area contributed by atoms with E-state index >= 15 is 4.79 Å². The lowest BCUT2D eigenvalue weighted by atomic mass is 9.91. The van der Waals surface area contributed by atoms with Crippen LogP contribution in [0.5, 0.6) is 69.0 Å². The highest BCUT2D eigenvalue weighted by atomic mass is 32.2. The number of carbonyl (C=O) groups excluding carboxylic acids is 5. The predicted molar refractivity (Wildman–Crippen MR) is 249 cm³/mol. The second-order valence-corrected chi connectivity index (χ2v) is 18.3. The van der Waals surface area contributed by atoms with Crippen molar-refractivity contribution in [2.24, 2.45) is 0 Å². The van der Waals surface area contributed by atoms with E-state index in [0.29, 0.717) is 36.0 Å². The number of esters is 5. The molecule has 3 aliphatic heterocycles. The molecule has 0 unspecified atom stereocenters. The number of carbonyl (C=O) groups is 5. The summed E-state index contributed by atoms with van der Waals surface area (Å²) in [5.74, 6) is -21.7. The van der Waals surface area contributed by atoms with Crippen molar-refractivity contribution in [1.82, 2.24) is 4.57 Å². The molecule has 5 heterocycles. The van der Waals surface area contributed by atoms with Gasteiger partial charge in [0.25, 0.3) is 0 Å². The third kappa shape index (κ3) is 7.43. The fraction of sp³-hybridized carbons (Fsp3) is 0.208. The van der Waals surface area contributed by atoms with Crippen molar-refractivity contribution in [2.75, 3.05) is 19.5 Å². The number of hydrogen-bond acceptors (Lipinski definition) is 27. The number of ether oxygens (including phenoxy) is 6. The van der Waals surface area contributed by atoms with E-state index < -0.39 is 203 Å². The summed E-state index contributed by atoms with van der Waals surface area (Å²) in [6, 6.07) is 3.16. The molecular weight excluding hydrogens is 1040 g/mol. The molecule has 76 heavy (non-hydrogen) atoms. The van der Waals surface area contributed by atoms with Crippen LogP contribution in [-0.4, -0.2) is 151 Å². The van der Waals surface area contributed by atoms with Crippen LogP contribution in [0.25, 0.3) is 43.8 Å². The summed E-state index contributed by atoms with van der Waals surface area (Å²) in [4.78, 5) is 84.3. The average Bonchev–Trinajstić information content (AvgIpc) is 3.75. The van der Waals surface area contributed by atoms with E-state index in [4.69, 9.17) is 32.8 Å². The molecule has 3 aliphatic rings. The summed E-state index contributed by atoms with van der Waals surface area (Å²) in [7, 11) is 1.16. The van der Waals surface area contributed by atoms with Gasteiger partial charge in [0.2, 0.25) is 29.6 Å². The second-order valence-electron chi connectivity index (χ2n) is 17.3. The van der Waals surface area contributed by atoms with E-state index in [9.17, 15) is 90.4 Å². The van der Waals surface area contributed by atoms with Crippen molar-refractivity contribution < 1.29 is 123 Å². The maximum atomic E-state index is 15.0. The first-order chi connectivity index (χ1) is 35.9. The smallest absolute Gasteiger partial charge is 0.345 e. The summed E-state index contributed by atoms with van der Waals surface area (Å²) in [6.45, 7) is 0.406. The highest BCUT2D eigenvalue weighted by Crippen LogP contribution is 2.54. The van der Waals surface area contributed by atoms with E-state index in [-0.39, 0.29) is 21.6 Å². The van der Waals surface area contributed by atoms with Gasteiger partial charge in [0.1, 0.15) is 30.6 Å². The maximum absolute atomic E-state index is 15.0. The molecular formula is C48H35NO26S. The quantitative estimate of drug-likeness (QED) is 0.0387. The number of thioether (sulfide) groups is 1. The van der Waals surface area contributed by atoms with Crippen LogP contribution in [0.1, 0.15) is 53.2 Å². The lowest BCUT2D eigenvalue weighted by Gasteiger charge is -2.42. The van der Waals surface area contributed by atoms with Gasteiger partial charge < -0.3 is 104 Å². The number of phenolic OH excluding ortho intramolecular Hbond substituents is 12. The number of phenols is 12. The molecule has 1 fully saturated rings. The number of aromatic hydroxyl groups is 12. The van der Waals surface area contributed by atoms with Crippen LogP contribution in [0.2, 0.25) is 0 Å². The maximum Gasteiger partial charge on any atom is 0.345 e. The lowest BCUT2D eigenvalue weighted by molar-refractivity contribution is -0.283. The van der Waals surface area contributed by atoms with Crippen LogP contribution in [-0.2, 0) is 33.2 Å². The van der Waals surface area contributed by atoms with Gasteiger partial charge in [-0.3, -0.25) is 0 Å². The SMILES string of the molecule is COC(=O)[C@@H]1CSc2c3c(=O)oc4c(O)c(O)cc(C(=O)O[C@H]5[C@H](OC(=O)c6cc(O)c(O)c(O)c6)O[C@@H]6COC(=O)c7cc(O)c(O)c(O)c7-c7c(cc(O)c(O)c7O)C(=O)O[C@H]5[C@@H]6O)c4c3c(O)c3cc(C)n1c23. The number of cyclic esters (lactones) is 1. The molecule has 27 nitrogen and oxygen atoms in total. The number of rotatable bonds is 5. The van der Waals surface area contributed by atoms with E-state index in [1.165, 1.54) is 10.6 Å². The number of methoxy groups -OCH3 is 1. The highest BCUT2D eigenvalue weighted by molar-refractivity contribution is 7.99. The van der Waals surface area contributed by atoms with Crippen LogP contribution >= 0.6 is 11.8 Å². The molecule has 2 bridgehead atoms. The van der Waals surface area contributed by atoms with Crippen molar-refractivity contribution in [3.05, 3.63) is 74.8 Å². The molecule has 2 aromatic heterocycles. The van der Waals surface area contributed by atoms with E-state index in [1.54, 1.807) is 6.92 Å². The summed E-state index contributed by atoms with van der Waals surface area (Å²) in [6.07, 6.45) is -12.0. The van der Waals surface area contributed by atoms with Crippen molar-refractivity contribution in [1.29, 1.82) is 0 Å². The van der Waals surface area contributed by atoms with Crippen LogP contribution in [0, 0.1) is 6.92 Å². The molecule has 1 saturated heterocycles. The molecule has 0 saturated carbocycles. The Labute approximate surface area is 423 Å². The highest BCUT2D eigenvalue weighted by Gasteiger charge is 2.53. The molecule has 394 valence electrons. The van der Waals surface area contributed by atoms with Gasteiger partial charge in [-0.2, -0.15) is 0 Å². The molecule has 7 aromatic rings. The van der Waals surface area contributed by atoms with Gasteiger partial charge in [0.15, 0.2) is 57.7 Å². The first-order valence-corrected chi connectivity index (χ1v) is 22.8. The minimum atomic E-state index is -2.55. The Hall–Kier alpha value is -9.67. The Kier molecular flexibility index (Phi) is 11.7. The lowest BCUT2D eigenvalue weighted by Crippen LogP contribution is -2.62. The van der Waals surface area contributed by atoms with Gasteiger partial charge in [-0.05, 0) is 43.3 Å². The number of aryl methyl sites for hydroxylation is 1. The van der Waals surface area contributed by atoms with Gasteiger partial charge in [-0.25, -0.2) is 28.8 Å². The molecule has 28 heteroatoms. The third-order valence-corrected chi connectivity index (χ3v) is 14.1. The molecule has 10 rings (SSSR count). The van der Waals surface area contributed by atoms with Crippen molar-refractivity contribution in [3.63, 3.8) is 0 Å². The predicted octanol–water partition coefficient (Wildman–Crippen LogP) is 3.03. The molecule has 0 aliphatic carbocycles. The molecule has 6 atom stereocenters. The Morgan fingerprint density at radius 2 is 1.26 bits per heavy atom. The minimum absolute atomic E-state index is 0.00229. The van der Waals surface area contributed by atoms with Crippen LogP contribution in [0.3, 0.4) is 0 Å². The summed E-state index contributed by atoms with van der Waals surface area (Å²) < 4.78 is 40.2. The van der Waals surface area contributed by atoms with Crippen LogP contribution in [0.4, 0.5) is 0 Å². The normalized spacial score (nSPS) is 20.1.